The Morgan fingerprint density at radius 3 is 2.67 bits per heavy atom. The predicted molar refractivity (Wildman–Crippen MR) is 70.2 cm³/mol. The van der Waals surface area contributed by atoms with Crippen LogP contribution >= 0.6 is 0 Å². The van der Waals surface area contributed by atoms with Crippen molar-refractivity contribution in [3.63, 3.8) is 0 Å². The molecule has 2 saturated heterocycles. The highest BCUT2D eigenvalue weighted by molar-refractivity contribution is 5.79. The van der Waals surface area contributed by atoms with Crippen molar-refractivity contribution >= 4 is 5.91 Å². The summed E-state index contributed by atoms with van der Waals surface area (Å²) in [6.45, 7) is 4.86. The fraction of sp³-hybridized carbons (Fsp3) is 0.923. The predicted octanol–water partition coefficient (Wildman–Crippen LogP) is -0.0956. The second-order valence-electron chi connectivity index (χ2n) is 5.43. The number of rotatable bonds is 4. The number of nitrogens with zero attached hydrogens (tertiary/aromatic N) is 2. The van der Waals surface area contributed by atoms with Gasteiger partial charge in [-0.15, -0.1) is 0 Å². The molecule has 5 nitrogen and oxygen atoms in total. The fourth-order valence-electron chi connectivity index (χ4n) is 2.73. The van der Waals surface area contributed by atoms with Crippen LogP contribution in [0.15, 0.2) is 0 Å². The molecule has 2 unspecified atom stereocenters. The monoisotopic (exact) mass is 255 g/mol. The summed E-state index contributed by atoms with van der Waals surface area (Å²) in [5.41, 5.74) is 5.77. The molecule has 2 fully saturated rings. The van der Waals surface area contributed by atoms with Gasteiger partial charge in [0.1, 0.15) is 0 Å². The number of hydrogen-bond acceptors (Lipinski definition) is 4. The number of carbonyl (C=O) groups excluding carboxylic acids is 1. The third kappa shape index (κ3) is 3.43. The first-order valence-corrected chi connectivity index (χ1v) is 6.99. The maximum absolute atomic E-state index is 12.4. The average Bonchev–Trinajstić information content (AvgIpc) is 2.89. The molecular formula is C13H25N3O2. The molecule has 2 rings (SSSR count). The van der Waals surface area contributed by atoms with Crippen LogP contribution in [0, 0.1) is 5.92 Å². The van der Waals surface area contributed by atoms with Gasteiger partial charge >= 0.3 is 0 Å². The molecule has 2 aliphatic heterocycles. The molecule has 2 N–H and O–H groups in total. The largest absolute Gasteiger partial charge is 0.378 e. The first kappa shape index (κ1) is 13.8. The smallest absolute Gasteiger partial charge is 0.227 e. The normalized spacial score (nSPS) is 27.4. The number of hydrogen-bond donors (Lipinski definition) is 1. The number of nitrogens with two attached hydrogens (primary N) is 1. The Bertz CT molecular complexity index is 271. The summed E-state index contributed by atoms with van der Waals surface area (Å²) in [6.07, 6.45) is 3.23. The van der Waals surface area contributed by atoms with E-state index in [-0.39, 0.29) is 17.9 Å². The molecule has 0 radical (unpaired) electrons. The van der Waals surface area contributed by atoms with Crippen molar-refractivity contribution in [2.24, 2.45) is 11.7 Å². The highest BCUT2D eigenvalue weighted by Crippen LogP contribution is 2.21. The van der Waals surface area contributed by atoms with E-state index in [1.807, 2.05) is 4.90 Å². The maximum atomic E-state index is 12.4. The summed E-state index contributed by atoms with van der Waals surface area (Å²) in [5, 5.41) is 0. The summed E-state index contributed by atoms with van der Waals surface area (Å²) in [5.74, 6) is 0.164. The van der Waals surface area contributed by atoms with Crippen LogP contribution in [0.2, 0.25) is 0 Å². The minimum absolute atomic E-state index is 0.0588. The minimum atomic E-state index is -0.0588. The summed E-state index contributed by atoms with van der Waals surface area (Å²) in [6, 6.07) is 0. The Hall–Kier alpha value is -0.650. The lowest BCUT2D eigenvalue weighted by molar-refractivity contribution is -0.137. The van der Waals surface area contributed by atoms with Gasteiger partial charge in [-0.05, 0) is 26.3 Å². The third-order valence-corrected chi connectivity index (χ3v) is 4.02. The molecule has 0 spiro atoms. The minimum Gasteiger partial charge on any atom is -0.378 e. The highest BCUT2D eigenvalue weighted by atomic mass is 16.5. The van der Waals surface area contributed by atoms with Gasteiger partial charge in [0, 0.05) is 39.3 Å². The molecule has 0 saturated carbocycles. The Labute approximate surface area is 109 Å². The molecule has 2 heterocycles. The van der Waals surface area contributed by atoms with Crippen molar-refractivity contribution in [2.45, 2.75) is 25.4 Å². The lowest BCUT2D eigenvalue weighted by atomic mass is 9.98. The van der Waals surface area contributed by atoms with Gasteiger partial charge in [-0.25, -0.2) is 0 Å². The Morgan fingerprint density at radius 2 is 2.11 bits per heavy atom. The van der Waals surface area contributed by atoms with Crippen LogP contribution in [-0.2, 0) is 9.53 Å². The summed E-state index contributed by atoms with van der Waals surface area (Å²) < 4.78 is 5.61. The zero-order chi connectivity index (χ0) is 13.0. The SMILES string of the molecule is CN1CCN(C(=O)C(CN)CC2CCCO2)CC1. The molecule has 104 valence electrons. The topological polar surface area (TPSA) is 58.8 Å². The highest BCUT2D eigenvalue weighted by Gasteiger charge is 2.29. The lowest BCUT2D eigenvalue weighted by Crippen LogP contribution is -2.50. The van der Waals surface area contributed by atoms with Crippen LogP contribution < -0.4 is 5.73 Å². The van der Waals surface area contributed by atoms with Crippen LogP contribution in [0.25, 0.3) is 0 Å². The van der Waals surface area contributed by atoms with E-state index in [0.29, 0.717) is 6.54 Å². The standard InChI is InChI=1S/C13H25N3O2/c1-15-4-6-16(7-5-15)13(17)11(10-14)9-12-3-2-8-18-12/h11-12H,2-10,14H2,1H3. The Balaban J connectivity index is 1.84. The number of likely N-dealkylation sites (N-methyl/N-ethyl adjacent to an activating group) is 1. The van der Waals surface area contributed by atoms with E-state index in [4.69, 9.17) is 10.5 Å². The van der Waals surface area contributed by atoms with Gasteiger partial charge in [-0.3, -0.25) is 4.79 Å². The molecular weight excluding hydrogens is 230 g/mol. The quantitative estimate of drug-likeness (QED) is 0.762. The van der Waals surface area contributed by atoms with Crippen molar-refractivity contribution in [2.75, 3.05) is 46.4 Å². The van der Waals surface area contributed by atoms with Gasteiger partial charge < -0.3 is 20.3 Å². The molecule has 0 aliphatic carbocycles. The molecule has 0 aromatic rings. The zero-order valence-electron chi connectivity index (χ0n) is 11.3. The first-order chi connectivity index (χ1) is 8.70. The van der Waals surface area contributed by atoms with E-state index in [9.17, 15) is 4.79 Å². The van der Waals surface area contributed by atoms with E-state index in [1.165, 1.54) is 0 Å². The molecule has 0 bridgehead atoms. The second kappa shape index (κ2) is 6.50. The summed E-state index contributed by atoms with van der Waals surface area (Å²) in [7, 11) is 2.09. The Kier molecular flexibility index (Phi) is 4.97. The van der Waals surface area contributed by atoms with Gasteiger partial charge in [0.15, 0.2) is 0 Å². The van der Waals surface area contributed by atoms with Crippen LogP contribution in [0.3, 0.4) is 0 Å². The fourth-order valence-corrected chi connectivity index (χ4v) is 2.73. The van der Waals surface area contributed by atoms with Gasteiger partial charge in [0.2, 0.25) is 5.91 Å². The number of amides is 1. The van der Waals surface area contributed by atoms with E-state index in [2.05, 4.69) is 11.9 Å². The lowest BCUT2D eigenvalue weighted by Gasteiger charge is -2.34. The van der Waals surface area contributed by atoms with Gasteiger partial charge in [0.05, 0.1) is 12.0 Å². The van der Waals surface area contributed by atoms with Crippen molar-refractivity contribution in [3.8, 4) is 0 Å². The van der Waals surface area contributed by atoms with Crippen molar-refractivity contribution in [1.29, 1.82) is 0 Å². The van der Waals surface area contributed by atoms with Crippen LogP contribution in [0.5, 0.6) is 0 Å². The first-order valence-electron chi connectivity index (χ1n) is 6.99. The van der Waals surface area contributed by atoms with Crippen molar-refractivity contribution in [1.82, 2.24) is 9.80 Å². The Morgan fingerprint density at radius 1 is 1.39 bits per heavy atom. The summed E-state index contributed by atoms with van der Waals surface area (Å²) >= 11 is 0. The van der Waals surface area contributed by atoms with Crippen LogP contribution in [0.4, 0.5) is 0 Å². The number of carbonyl (C=O) groups is 1. The average molecular weight is 255 g/mol. The number of piperazine rings is 1. The molecule has 2 atom stereocenters. The maximum Gasteiger partial charge on any atom is 0.227 e. The van der Waals surface area contributed by atoms with Crippen molar-refractivity contribution < 1.29 is 9.53 Å². The van der Waals surface area contributed by atoms with Crippen LogP contribution in [0.1, 0.15) is 19.3 Å². The van der Waals surface area contributed by atoms with Crippen LogP contribution in [-0.4, -0.2) is 68.2 Å². The van der Waals surface area contributed by atoms with E-state index in [0.717, 1.165) is 52.0 Å². The summed E-state index contributed by atoms with van der Waals surface area (Å²) in [4.78, 5) is 16.6. The van der Waals surface area contributed by atoms with Gasteiger partial charge in [-0.2, -0.15) is 0 Å². The number of ether oxygens (including phenoxy) is 1. The molecule has 18 heavy (non-hydrogen) atoms. The van der Waals surface area contributed by atoms with E-state index < -0.39 is 0 Å². The van der Waals surface area contributed by atoms with Gasteiger partial charge in [0.25, 0.3) is 0 Å². The molecule has 5 heteroatoms. The molecule has 0 aromatic carbocycles. The van der Waals surface area contributed by atoms with Crippen molar-refractivity contribution in [3.05, 3.63) is 0 Å². The molecule has 2 aliphatic rings. The molecule has 0 aromatic heterocycles. The third-order valence-electron chi connectivity index (χ3n) is 4.02. The molecule has 1 amide bonds. The zero-order valence-corrected chi connectivity index (χ0v) is 11.3. The second-order valence-corrected chi connectivity index (χ2v) is 5.43. The van der Waals surface area contributed by atoms with Gasteiger partial charge in [-0.1, -0.05) is 0 Å². The van der Waals surface area contributed by atoms with E-state index in [1.54, 1.807) is 0 Å². The van der Waals surface area contributed by atoms with E-state index >= 15 is 0 Å².